The average molecular weight is 547 g/mol. The molecule has 11 nitrogen and oxygen atoms in total. The van der Waals surface area contributed by atoms with Crippen LogP contribution in [0.25, 0.3) is 0 Å². The molecular weight excluding hydrogens is 516 g/mol. The number of benzene rings is 2. The third-order valence-corrected chi connectivity index (χ3v) is 7.45. The van der Waals surface area contributed by atoms with Gasteiger partial charge in [0.25, 0.3) is 11.8 Å². The van der Waals surface area contributed by atoms with Crippen molar-refractivity contribution >= 4 is 23.8 Å². The van der Waals surface area contributed by atoms with Crippen LogP contribution in [-0.4, -0.2) is 84.9 Å². The zero-order chi connectivity index (χ0) is 28.4. The summed E-state index contributed by atoms with van der Waals surface area (Å²) >= 11 is 0. The summed E-state index contributed by atoms with van der Waals surface area (Å²) in [4.78, 5) is 57.9. The van der Waals surface area contributed by atoms with Gasteiger partial charge in [-0.3, -0.25) is 14.4 Å². The van der Waals surface area contributed by atoms with Gasteiger partial charge in [0.05, 0.1) is 20.5 Å². The highest BCUT2D eigenvalue weighted by atomic mass is 16.5. The number of urea groups is 1. The van der Waals surface area contributed by atoms with Gasteiger partial charge in [-0.2, -0.15) is 0 Å². The molecule has 1 N–H and O–H groups in total. The molecule has 2 saturated heterocycles. The first-order chi connectivity index (χ1) is 19.3. The minimum atomic E-state index is -1.56. The van der Waals surface area contributed by atoms with Gasteiger partial charge in [0.15, 0.2) is 11.3 Å². The van der Waals surface area contributed by atoms with E-state index in [9.17, 15) is 19.2 Å². The predicted octanol–water partition coefficient (Wildman–Crippen LogP) is 2.47. The number of nitrogens with zero attached hydrogens (tertiary/aromatic N) is 3. The standard InChI is InChI=1S/C29H30N4O7/c1-19(25(34)31-14-16-32(17-15-31)26(35)24-5-4-18-40-24)33-27(36)29(30-28(33)37,20-6-10-22(38-2)11-7-20)21-8-12-23(39-3)13-9-21/h4-13,18-19H,14-17H2,1-3H3,(H,30,37)/t19-/m0/s1. The summed E-state index contributed by atoms with van der Waals surface area (Å²) in [5, 5.41) is 2.87. The van der Waals surface area contributed by atoms with E-state index in [0.717, 1.165) is 4.90 Å². The Kier molecular flexibility index (Phi) is 7.20. The molecule has 2 aliphatic heterocycles. The van der Waals surface area contributed by atoms with Crippen molar-refractivity contribution in [1.82, 2.24) is 20.0 Å². The van der Waals surface area contributed by atoms with Crippen LogP contribution in [0.15, 0.2) is 71.3 Å². The Morgan fingerprint density at radius 3 is 1.85 bits per heavy atom. The molecule has 0 aliphatic carbocycles. The van der Waals surface area contributed by atoms with E-state index in [-0.39, 0.29) is 30.7 Å². The van der Waals surface area contributed by atoms with Crippen molar-refractivity contribution in [2.45, 2.75) is 18.5 Å². The normalized spacial score (nSPS) is 17.4. The summed E-state index contributed by atoms with van der Waals surface area (Å²) in [5.41, 5.74) is -0.522. The fourth-order valence-electron chi connectivity index (χ4n) is 5.20. The lowest BCUT2D eigenvalue weighted by molar-refractivity contribution is -0.143. The average Bonchev–Trinajstić information content (AvgIpc) is 3.63. The Balaban J connectivity index is 1.39. The molecule has 0 radical (unpaired) electrons. The number of hydrogen-bond acceptors (Lipinski definition) is 7. The summed E-state index contributed by atoms with van der Waals surface area (Å²) < 4.78 is 15.7. The molecule has 2 aromatic carbocycles. The maximum Gasteiger partial charge on any atom is 0.326 e. The van der Waals surface area contributed by atoms with Gasteiger partial charge in [0.1, 0.15) is 17.5 Å². The van der Waals surface area contributed by atoms with Crippen LogP contribution < -0.4 is 14.8 Å². The number of piperazine rings is 1. The van der Waals surface area contributed by atoms with Crippen LogP contribution in [0.5, 0.6) is 11.5 Å². The van der Waals surface area contributed by atoms with Crippen molar-refractivity contribution in [2.75, 3.05) is 40.4 Å². The van der Waals surface area contributed by atoms with Crippen LogP contribution in [0.4, 0.5) is 4.79 Å². The number of amides is 5. The van der Waals surface area contributed by atoms with Crippen LogP contribution in [0.3, 0.4) is 0 Å². The van der Waals surface area contributed by atoms with Gasteiger partial charge in [0.2, 0.25) is 5.91 Å². The topological polar surface area (TPSA) is 122 Å². The SMILES string of the molecule is COc1ccc(C2(c3ccc(OC)cc3)NC(=O)N([C@@H](C)C(=O)N3CCN(C(=O)c4ccco4)CC3)C2=O)cc1. The summed E-state index contributed by atoms with van der Waals surface area (Å²) in [6.07, 6.45) is 1.44. The van der Waals surface area contributed by atoms with E-state index in [4.69, 9.17) is 13.9 Å². The highest BCUT2D eigenvalue weighted by Gasteiger charge is 2.56. The van der Waals surface area contributed by atoms with E-state index >= 15 is 0 Å². The Morgan fingerprint density at radius 1 is 0.850 bits per heavy atom. The molecule has 0 saturated carbocycles. The number of furan rings is 1. The highest BCUT2D eigenvalue weighted by molar-refractivity contribution is 6.12. The van der Waals surface area contributed by atoms with Gasteiger partial charge < -0.3 is 29.0 Å². The second-order valence-electron chi connectivity index (χ2n) is 9.58. The second-order valence-corrected chi connectivity index (χ2v) is 9.58. The largest absolute Gasteiger partial charge is 0.497 e. The lowest BCUT2D eigenvalue weighted by Crippen LogP contribution is -2.56. The molecule has 0 unspecified atom stereocenters. The van der Waals surface area contributed by atoms with Gasteiger partial charge in [-0.25, -0.2) is 9.69 Å². The molecule has 3 heterocycles. The molecule has 1 atom stereocenters. The first-order valence-corrected chi connectivity index (χ1v) is 12.9. The number of carbonyl (C=O) groups is 4. The molecule has 2 fully saturated rings. The molecule has 11 heteroatoms. The Morgan fingerprint density at radius 2 is 1.38 bits per heavy atom. The van der Waals surface area contributed by atoms with E-state index < -0.39 is 23.5 Å². The fourth-order valence-corrected chi connectivity index (χ4v) is 5.20. The van der Waals surface area contributed by atoms with Gasteiger partial charge in [-0.05, 0) is 54.4 Å². The molecular formula is C29H30N4O7. The smallest absolute Gasteiger partial charge is 0.326 e. The predicted molar refractivity (Wildman–Crippen MR) is 143 cm³/mol. The maximum absolute atomic E-state index is 14.2. The van der Waals surface area contributed by atoms with Crippen molar-refractivity contribution in [3.8, 4) is 11.5 Å². The lowest BCUT2D eigenvalue weighted by atomic mass is 9.82. The number of rotatable bonds is 7. The molecule has 3 aromatic rings. The van der Waals surface area contributed by atoms with Crippen LogP contribution >= 0.6 is 0 Å². The third kappa shape index (κ3) is 4.53. The number of carbonyl (C=O) groups excluding carboxylic acids is 4. The van der Waals surface area contributed by atoms with Gasteiger partial charge in [-0.15, -0.1) is 0 Å². The fraction of sp³-hybridized carbons (Fsp3) is 0.310. The quantitative estimate of drug-likeness (QED) is 0.452. The molecule has 40 heavy (non-hydrogen) atoms. The van der Waals surface area contributed by atoms with E-state index in [1.165, 1.54) is 13.2 Å². The molecule has 2 aliphatic rings. The molecule has 0 spiro atoms. The maximum atomic E-state index is 14.2. The van der Waals surface area contributed by atoms with Gasteiger partial charge in [0, 0.05) is 26.2 Å². The minimum absolute atomic E-state index is 0.237. The number of imide groups is 1. The molecule has 5 amide bonds. The van der Waals surface area contributed by atoms with Crippen molar-refractivity contribution in [3.05, 3.63) is 83.8 Å². The molecule has 0 bridgehead atoms. The van der Waals surface area contributed by atoms with Crippen LogP contribution in [-0.2, 0) is 15.1 Å². The van der Waals surface area contributed by atoms with Crippen LogP contribution in [0.2, 0.25) is 0 Å². The van der Waals surface area contributed by atoms with E-state index in [1.807, 2.05) is 0 Å². The lowest BCUT2D eigenvalue weighted by Gasteiger charge is -2.36. The molecule has 5 rings (SSSR count). The summed E-state index contributed by atoms with van der Waals surface area (Å²) in [6, 6.07) is 15.2. The highest BCUT2D eigenvalue weighted by Crippen LogP contribution is 2.38. The Hall–Kier alpha value is -4.80. The first-order valence-electron chi connectivity index (χ1n) is 12.9. The van der Waals surface area contributed by atoms with Crippen LogP contribution in [0.1, 0.15) is 28.6 Å². The van der Waals surface area contributed by atoms with E-state index in [1.54, 1.807) is 84.7 Å². The summed E-state index contributed by atoms with van der Waals surface area (Å²) in [5.74, 6) is 0.226. The monoisotopic (exact) mass is 546 g/mol. The van der Waals surface area contributed by atoms with E-state index in [0.29, 0.717) is 35.7 Å². The molecule has 1 aromatic heterocycles. The summed E-state index contributed by atoms with van der Waals surface area (Å²) in [6.45, 7) is 2.68. The Bertz CT molecular complexity index is 1350. The minimum Gasteiger partial charge on any atom is -0.497 e. The zero-order valence-electron chi connectivity index (χ0n) is 22.5. The number of methoxy groups -OCH3 is 2. The number of ether oxygens (including phenoxy) is 2. The second kappa shape index (κ2) is 10.8. The summed E-state index contributed by atoms with van der Waals surface area (Å²) in [7, 11) is 3.08. The van der Waals surface area contributed by atoms with E-state index in [2.05, 4.69) is 5.32 Å². The van der Waals surface area contributed by atoms with Crippen molar-refractivity contribution < 1.29 is 33.1 Å². The van der Waals surface area contributed by atoms with Crippen LogP contribution in [0, 0.1) is 0 Å². The molecule has 208 valence electrons. The van der Waals surface area contributed by atoms with Crippen molar-refractivity contribution in [3.63, 3.8) is 0 Å². The van der Waals surface area contributed by atoms with Crippen molar-refractivity contribution in [2.24, 2.45) is 0 Å². The first kappa shape index (κ1) is 26.8. The zero-order valence-corrected chi connectivity index (χ0v) is 22.5. The van der Waals surface area contributed by atoms with Gasteiger partial charge >= 0.3 is 6.03 Å². The Labute approximate surface area is 231 Å². The van der Waals surface area contributed by atoms with Crippen molar-refractivity contribution in [1.29, 1.82) is 0 Å². The van der Waals surface area contributed by atoms with Gasteiger partial charge in [-0.1, -0.05) is 24.3 Å². The number of hydrogen-bond donors (Lipinski definition) is 1. The third-order valence-electron chi connectivity index (χ3n) is 7.45. The number of nitrogens with one attached hydrogen (secondary N) is 1.